The summed E-state index contributed by atoms with van der Waals surface area (Å²) in [6.45, 7) is 23.0. The third kappa shape index (κ3) is 6.98. The minimum Gasteiger partial charge on any atom is -0.458 e. The molecule has 0 bridgehead atoms. The standard InChI is InChI=1S/C70H64BN3O2/c1-11-12-19-49-57(34-35-63-66(49)50-22-15-18-25-62(50)75-63)74-60-40-45(72-55-23-16-13-20-47(55)51-36-42(68(2,3)4)26-32-58(51)72)28-30-53(60)71-54-31-29-46(41-64(54)76-65-39-44(70(8,9)10)38-61(74)67(65)71)73-56-24-17-14-21-48(56)52-37-43(69(5,6)7)27-33-59(52)73/h13-18,20-41H,11-12,19H2,1-10H3. The van der Waals surface area contributed by atoms with Crippen LogP contribution in [0.3, 0.4) is 0 Å². The molecule has 2 aliphatic heterocycles. The van der Waals surface area contributed by atoms with Gasteiger partial charge in [0, 0.05) is 61.1 Å². The van der Waals surface area contributed by atoms with Crippen LogP contribution < -0.4 is 26.0 Å². The second kappa shape index (κ2) is 16.5. The Labute approximate surface area is 446 Å². The summed E-state index contributed by atoms with van der Waals surface area (Å²) in [5, 5.41) is 7.41. The van der Waals surface area contributed by atoms with Crippen molar-refractivity contribution in [2.75, 3.05) is 4.90 Å². The summed E-state index contributed by atoms with van der Waals surface area (Å²) in [5.41, 5.74) is 21.0. The Kier molecular flexibility index (Phi) is 10.1. The minimum absolute atomic E-state index is 0.0130. The largest absolute Gasteiger partial charge is 0.458 e. The van der Waals surface area contributed by atoms with Crippen LogP contribution in [0, 0.1) is 0 Å². The van der Waals surface area contributed by atoms with Crippen molar-refractivity contribution in [3.8, 4) is 22.9 Å². The molecule has 2 aliphatic rings. The molecule has 0 saturated heterocycles. The molecule has 5 heterocycles. The Morgan fingerprint density at radius 3 is 1.62 bits per heavy atom. The van der Waals surface area contributed by atoms with Gasteiger partial charge in [0.05, 0.1) is 27.8 Å². The molecule has 374 valence electrons. The van der Waals surface area contributed by atoms with Crippen LogP contribution in [0.5, 0.6) is 11.5 Å². The highest BCUT2D eigenvalue weighted by Crippen LogP contribution is 2.48. The van der Waals surface area contributed by atoms with Crippen molar-refractivity contribution in [2.24, 2.45) is 0 Å². The molecule has 0 radical (unpaired) electrons. The molecule has 0 unspecified atom stereocenters. The van der Waals surface area contributed by atoms with Gasteiger partial charge >= 0.3 is 0 Å². The molecular weight excluding hydrogens is 926 g/mol. The van der Waals surface area contributed by atoms with Gasteiger partial charge in [-0.2, -0.15) is 0 Å². The second-order valence-corrected chi connectivity index (χ2v) is 24.8. The first-order valence-corrected chi connectivity index (χ1v) is 27.5. The number of aromatic nitrogens is 2. The van der Waals surface area contributed by atoms with E-state index in [0.29, 0.717) is 0 Å². The molecule has 3 aromatic heterocycles. The first-order chi connectivity index (χ1) is 36.5. The highest BCUT2D eigenvalue weighted by atomic mass is 16.5. The highest BCUT2D eigenvalue weighted by molar-refractivity contribution is 6.99. The summed E-state index contributed by atoms with van der Waals surface area (Å²) in [5.74, 6) is 1.80. The van der Waals surface area contributed by atoms with Crippen molar-refractivity contribution in [1.29, 1.82) is 0 Å². The summed E-state index contributed by atoms with van der Waals surface area (Å²) >= 11 is 0. The second-order valence-electron chi connectivity index (χ2n) is 24.8. The van der Waals surface area contributed by atoms with E-state index in [1.54, 1.807) is 0 Å². The quantitative estimate of drug-likeness (QED) is 0.156. The van der Waals surface area contributed by atoms with Gasteiger partial charge in [0.15, 0.2) is 0 Å². The van der Waals surface area contributed by atoms with E-state index in [0.717, 1.165) is 64.4 Å². The number of unbranched alkanes of at least 4 members (excludes halogenated alkanes) is 1. The molecule has 14 rings (SSSR count). The third-order valence-corrected chi connectivity index (χ3v) is 16.9. The van der Waals surface area contributed by atoms with Gasteiger partial charge in [-0.3, -0.25) is 0 Å². The topological polar surface area (TPSA) is 35.5 Å². The molecule has 9 aromatic carbocycles. The number of nitrogens with zero attached hydrogens (tertiary/aromatic N) is 3. The number of benzene rings is 9. The van der Waals surface area contributed by atoms with Crippen LogP contribution in [0.1, 0.15) is 104 Å². The number of para-hydroxylation sites is 3. The number of furan rings is 1. The van der Waals surface area contributed by atoms with E-state index in [-0.39, 0.29) is 23.0 Å². The zero-order valence-corrected chi connectivity index (χ0v) is 45.5. The summed E-state index contributed by atoms with van der Waals surface area (Å²) in [6.07, 6.45) is 3.04. The lowest BCUT2D eigenvalue weighted by atomic mass is 9.34. The van der Waals surface area contributed by atoms with Crippen molar-refractivity contribution in [2.45, 2.75) is 105 Å². The van der Waals surface area contributed by atoms with Gasteiger partial charge in [-0.05, 0) is 153 Å². The molecule has 0 fully saturated rings. The van der Waals surface area contributed by atoms with E-state index in [2.05, 4.69) is 253 Å². The number of anilines is 3. The molecular formula is C70H64BN3O2. The lowest BCUT2D eigenvalue weighted by Crippen LogP contribution is -2.59. The van der Waals surface area contributed by atoms with Crippen molar-refractivity contribution >= 4 is 106 Å². The Hall–Kier alpha value is -7.96. The molecule has 0 N–H and O–H groups in total. The van der Waals surface area contributed by atoms with Crippen LogP contribution in [0.15, 0.2) is 174 Å². The van der Waals surface area contributed by atoms with Gasteiger partial charge in [-0.25, -0.2) is 0 Å². The maximum Gasteiger partial charge on any atom is 0.256 e. The lowest BCUT2D eigenvalue weighted by molar-refractivity contribution is 0.483. The highest BCUT2D eigenvalue weighted by Gasteiger charge is 2.44. The van der Waals surface area contributed by atoms with Gasteiger partial charge in [-0.15, -0.1) is 0 Å². The van der Waals surface area contributed by atoms with E-state index in [1.807, 2.05) is 0 Å². The van der Waals surface area contributed by atoms with Gasteiger partial charge in [-0.1, -0.05) is 155 Å². The first kappa shape index (κ1) is 46.6. The predicted molar refractivity (Wildman–Crippen MR) is 323 cm³/mol. The average Bonchev–Trinajstić information content (AvgIpc) is 4.07. The number of fused-ring (bicyclic) bond motifs is 13. The van der Waals surface area contributed by atoms with Gasteiger partial charge in [0.2, 0.25) is 0 Å². The van der Waals surface area contributed by atoms with Crippen LogP contribution >= 0.6 is 0 Å². The zero-order chi connectivity index (χ0) is 52.2. The molecule has 5 nitrogen and oxygen atoms in total. The van der Waals surface area contributed by atoms with E-state index in [1.165, 1.54) is 99.0 Å². The van der Waals surface area contributed by atoms with Crippen molar-refractivity contribution in [3.63, 3.8) is 0 Å². The van der Waals surface area contributed by atoms with Gasteiger partial charge < -0.3 is 23.2 Å². The number of aryl methyl sites for hydroxylation is 1. The maximum atomic E-state index is 7.45. The van der Waals surface area contributed by atoms with Crippen LogP contribution in [-0.2, 0) is 22.7 Å². The van der Waals surface area contributed by atoms with Gasteiger partial charge in [0.25, 0.3) is 6.71 Å². The van der Waals surface area contributed by atoms with Crippen molar-refractivity contribution < 1.29 is 9.15 Å². The number of ether oxygens (including phenoxy) is 1. The first-order valence-electron chi connectivity index (χ1n) is 27.5. The van der Waals surface area contributed by atoms with Crippen molar-refractivity contribution in [3.05, 3.63) is 192 Å². The number of hydrogen-bond donors (Lipinski definition) is 0. The molecule has 0 atom stereocenters. The van der Waals surface area contributed by atoms with Crippen molar-refractivity contribution in [1.82, 2.24) is 9.13 Å². The van der Waals surface area contributed by atoms with E-state index < -0.39 is 0 Å². The normalized spacial score (nSPS) is 13.6. The molecule has 0 spiro atoms. The van der Waals surface area contributed by atoms with Crippen LogP contribution in [0.25, 0.3) is 76.9 Å². The minimum atomic E-state index is -0.181. The number of hydrogen-bond acceptors (Lipinski definition) is 3. The molecule has 6 heteroatoms. The Morgan fingerprint density at radius 2 is 1.00 bits per heavy atom. The summed E-state index contributed by atoms with van der Waals surface area (Å²) < 4.78 is 19.0. The molecule has 0 saturated carbocycles. The fraction of sp³-hybridized carbons (Fsp3) is 0.229. The Balaban J connectivity index is 1.05. The summed E-state index contributed by atoms with van der Waals surface area (Å²) in [4.78, 5) is 2.61. The van der Waals surface area contributed by atoms with Crippen LogP contribution in [0.2, 0.25) is 0 Å². The van der Waals surface area contributed by atoms with E-state index in [9.17, 15) is 0 Å². The average molecular weight is 990 g/mol. The molecule has 0 aliphatic carbocycles. The smallest absolute Gasteiger partial charge is 0.256 e. The van der Waals surface area contributed by atoms with Crippen LogP contribution in [-0.4, -0.2) is 15.8 Å². The lowest BCUT2D eigenvalue weighted by Gasteiger charge is -2.42. The fourth-order valence-corrected chi connectivity index (χ4v) is 12.8. The summed E-state index contributed by atoms with van der Waals surface area (Å²) in [6, 6.07) is 64.1. The Morgan fingerprint density at radius 1 is 0.434 bits per heavy atom. The molecule has 12 aromatic rings. The SMILES string of the molecule is CCCCc1c(N2c3cc(-n4c5ccccc5c5cc(C(C)(C)C)ccc54)ccc3B3c4ccc(-n5c6ccccc6c6cc(C(C)(C)C)ccc65)cc4Oc4cc(C(C)(C)C)cc2c43)ccc2oc3ccccc3c12. The fourth-order valence-electron chi connectivity index (χ4n) is 12.8. The monoisotopic (exact) mass is 990 g/mol. The maximum absolute atomic E-state index is 7.45. The molecule has 0 amide bonds. The van der Waals surface area contributed by atoms with E-state index in [4.69, 9.17) is 9.15 Å². The van der Waals surface area contributed by atoms with E-state index >= 15 is 0 Å². The van der Waals surface area contributed by atoms with Crippen LogP contribution in [0.4, 0.5) is 17.1 Å². The van der Waals surface area contributed by atoms with Gasteiger partial charge in [0.1, 0.15) is 22.7 Å². The zero-order valence-electron chi connectivity index (χ0n) is 45.5. The Bertz CT molecular complexity index is 4390. The summed E-state index contributed by atoms with van der Waals surface area (Å²) in [7, 11) is 0. The molecule has 76 heavy (non-hydrogen) atoms. The third-order valence-electron chi connectivity index (χ3n) is 16.9. The number of rotatable bonds is 6. The predicted octanol–water partition coefficient (Wildman–Crippen LogP) is 17.4.